The highest BCUT2D eigenvalue weighted by Crippen LogP contribution is 2.37. The summed E-state index contributed by atoms with van der Waals surface area (Å²) in [5.74, 6) is 0.136. The highest BCUT2D eigenvalue weighted by Gasteiger charge is 2.28. The van der Waals surface area contributed by atoms with E-state index in [-0.39, 0.29) is 17.9 Å². The van der Waals surface area contributed by atoms with Crippen molar-refractivity contribution in [3.05, 3.63) is 125 Å². The third kappa shape index (κ3) is 5.92. The Hall–Kier alpha value is -4.42. The zero-order valence-corrected chi connectivity index (χ0v) is 23.3. The molecule has 0 aliphatic carbocycles. The molecule has 0 bridgehead atoms. The second-order valence-electron chi connectivity index (χ2n) is 10.4. The molecule has 4 aromatic rings. The number of rotatable bonds is 7. The quantitative estimate of drug-likeness (QED) is 0.282. The second kappa shape index (κ2) is 12.2. The minimum atomic E-state index is -0.224. The highest BCUT2D eigenvalue weighted by atomic mass is 16.5. The van der Waals surface area contributed by atoms with Gasteiger partial charge in [-0.2, -0.15) is 0 Å². The molecular weight excluding hydrogens is 498 g/mol. The van der Waals surface area contributed by atoms with Crippen LogP contribution >= 0.6 is 0 Å². The SMILES string of the molecule is Cc1ccccc1C(=O)Nc1ccc(C(=O)N2CCCC(N(C)C)c3ccccc32)cc1OCc1ccccc1. The lowest BCUT2D eigenvalue weighted by Gasteiger charge is -2.27. The highest BCUT2D eigenvalue weighted by molar-refractivity contribution is 6.09. The fraction of sp³-hybridized carbons (Fsp3) is 0.235. The summed E-state index contributed by atoms with van der Waals surface area (Å²) in [5, 5.41) is 3.00. The molecule has 1 aliphatic rings. The Morgan fingerprint density at radius 1 is 0.925 bits per heavy atom. The number of aryl methyl sites for hydroxylation is 1. The van der Waals surface area contributed by atoms with Crippen LogP contribution in [0.15, 0.2) is 97.1 Å². The van der Waals surface area contributed by atoms with Crippen LogP contribution in [0.5, 0.6) is 5.75 Å². The number of hydrogen-bond donors (Lipinski definition) is 1. The van der Waals surface area contributed by atoms with Crippen LogP contribution in [0.2, 0.25) is 0 Å². The summed E-state index contributed by atoms with van der Waals surface area (Å²) >= 11 is 0. The van der Waals surface area contributed by atoms with Crippen LogP contribution in [0, 0.1) is 6.92 Å². The number of amides is 2. The molecule has 0 fully saturated rings. The summed E-state index contributed by atoms with van der Waals surface area (Å²) in [5.41, 5.74) is 5.59. The van der Waals surface area contributed by atoms with Crippen LogP contribution in [-0.2, 0) is 6.61 Å². The minimum Gasteiger partial charge on any atom is -0.487 e. The zero-order chi connectivity index (χ0) is 28.1. The fourth-order valence-corrected chi connectivity index (χ4v) is 5.27. The van der Waals surface area contributed by atoms with Crippen molar-refractivity contribution in [1.29, 1.82) is 0 Å². The molecule has 0 aromatic heterocycles. The molecule has 1 unspecified atom stereocenters. The fourth-order valence-electron chi connectivity index (χ4n) is 5.27. The van der Waals surface area contributed by atoms with Gasteiger partial charge in [-0.3, -0.25) is 9.59 Å². The molecule has 1 atom stereocenters. The van der Waals surface area contributed by atoms with E-state index in [0.29, 0.717) is 35.7 Å². The number of anilines is 2. The van der Waals surface area contributed by atoms with Crippen molar-refractivity contribution in [3.63, 3.8) is 0 Å². The lowest BCUT2D eigenvalue weighted by molar-refractivity contribution is 0.0985. The molecule has 1 N–H and O–H groups in total. The first-order valence-electron chi connectivity index (χ1n) is 13.7. The first-order chi connectivity index (χ1) is 19.4. The van der Waals surface area contributed by atoms with E-state index < -0.39 is 0 Å². The molecule has 40 heavy (non-hydrogen) atoms. The normalized spacial score (nSPS) is 14.8. The maximum Gasteiger partial charge on any atom is 0.258 e. The van der Waals surface area contributed by atoms with Crippen LogP contribution in [-0.4, -0.2) is 37.4 Å². The third-order valence-corrected chi connectivity index (χ3v) is 7.42. The van der Waals surface area contributed by atoms with Gasteiger partial charge in [0.15, 0.2) is 0 Å². The molecule has 5 rings (SSSR count). The van der Waals surface area contributed by atoms with Crippen molar-refractivity contribution in [3.8, 4) is 5.75 Å². The lowest BCUT2D eigenvalue weighted by Crippen LogP contribution is -2.32. The Labute approximate surface area is 236 Å². The van der Waals surface area contributed by atoms with Crippen molar-refractivity contribution in [2.75, 3.05) is 30.9 Å². The number of ether oxygens (including phenoxy) is 1. The molecule has 204 valence electrons. The van der Waals surface area contributed by atoms with Gasteiger partial charge in [-0.25, -0.2) is 0 Å². The molecule has 0 radical (unpaired) electrons. The average Bonchev–Trinajstić information content (AvgIpc) is 3.17. The minimum absolute atomic E-state index is 0.0896. The van der Waals surface area contributed by atoms with E-state index in [1.807, 2.05) is 78.6 Å². The maximum absolute atomic E-state index is 14.0. The van der Waals surface area contributed by atoms with Crippen molar-refractivity contribution in [1.82, 2.24) is 4.90 Å². The number of nitrogens with zero attached hydrogens (tertiary/aromatic N) is 2. The van der Waals surface area contributed by atoms with Crippen molar-refractivity contribution < 1.29 is 14.3 Å². The first kappa shape index (κ1) is 27.2. The molecule has 1 heterocycles. The lowest BCUT2D eigenvalue weighted by atomic mass is 10.0. The summed E-state index contributed by atoms with van der Waals surface area (Å²) in [7, 11) is 4.17. The zero-order valence-electron chi connectivity index (χ0n) is 23.3. The van der Waals surface area contributed by atoms with Gasteiger partial charge in [-0.15, -0.1) is 0 Å². The predicted molar refractivity (Wildman–Crippen MR) is 160 cm³/mol. The Bertz CT molecular complexity index is 1500. The molecule has 0 saturated carbocycles. The molecular formula is C34H35N3O3. The van der Waals surface area contributed by atoms with E-state index in [4.69, 9.17) is 4.74 Å². The number of nitrogens with one attached hydrogen (secondary N) is 1. The van der Waals surface area contributed by atoms with Gasteiger partial charge >= 0.3 is 0 Å². The van der Waals surface area contributed by atoms with Gasteiger partial charge < -0.3 is 19.9 Å². The summed E-state index contributed by atoms with van der Waals surface area (Å²) in [4.78, 5) is 31.2. The van der Waals surface area contributed by atoms with Gasteiger partial charge in [0.2, 0.25) is 0 Å². The Kier molecular flexibility index (Phi) is 8.27. The Morgan fingerprint density at radius 3 is 2.42 bits per heavy atom. The van der Waals surface area contributed by atoms with E-state index in [1.165, 1.54) is 0 Å². The first-order valence-corrected chi connectivity index (χ1v) is 13.7. The molecule has 0 saturated heterocycles. The smallest absolute Gasteiger partial charge is 0.258 e. The van der Waals surface area contributed by atoms with Gasteiger partial charge in [0.05, 0.1) is 5.69 Å². The van der Waals surface area contributed by atoms with Gasteiger partial charge in [0.25, 0.3) is 11.8 Å². The van der Waals surface area contributed by atoms with Gasteiger partial charge in [0.1, 0.15) is 12.4 Å². The van der Waals surface area contributed by atoms with Crippen LogP contribution < -0.4 is 15.0 Å². The monoisotopic (exact) mass is 533 g/mol. The standard InChI is InChI=1S/C34H35N3O3/c1-24-12-7-8-15-27(24)33(38)35-29-20-19-26(22-32(29)40-23-25-13-5-4-6-14-25)34(39)37-21-11-18-30(36(2)3)28-16-9-10-17-31(28)37/h4-10,12-17,19-20,22,30H,11,18,21,23H2,1-3H3,(H,35,38). The molecule has 6 heteroatoms. The van der Waals surface area contributed by atoms with Crippen molar-refractivity contribution >= 4 is 23.2 Å². The number of carbonyl (C=O) groups excluding carboxylic acids is 2. The largest absolute Gasteiger partial charge is 0.487 e. The van der Waals surface area contributed by atoms with Gasteiger partial charge in [-0.05, 0) is 80.9 Å². The number of para-hydroxylation sites is 1. The third-order valence-electron chi connectivity index (χ3n) is 7.42. The predicted octanol–water partition coefficient (Wildman–Crippen LogP) is 6.87. The van der Waals surface area contributed by atoms with Crippen molar-refractivity contribution in [2.24, 2.45) is 0 Å². The van der Waals surface area contributed by atoms with E-state index in [1.54, 1.807) is 24.3 Å². The molecule has 0 spiro atoms. The summed E-state index contributed by atoms with van der Waals surface area (Å²) in [6.45, 7) is 2.85. The number of benzene rings is 4. The topological polar surface area (TPSA) is 61.9 Å². The summed E-state index contributed by atoms with van der Waals surface area (Å²) in [6.07, 6.45) is 1.87. The van der Waals surface area contributed by atoms with Crippen LogP contribution in [0.3, 0.4) is 0 Å². The Morgan fingerprint density at radius 2 is 1.65 bits per heavy atom. The van der Waals surface area contributed by atoms with Crippen LogP contribution in [0.25, 0.3) is 0 Å². The van der Waals surface area contributed by atoms with Crippen LogP contribution in [0.4, 0.5) is 11.4 Å². The molecule has 6 nitrogen and oxygen atoms in total. The van der Waals surface area contributed by atoms with E-state index >= 15 is 0 Å². The Balaban J connectivity index is 1.47. The molecule has 4 aromatic carbocycles. The van der Waals surface area contributed by atoms with E-state index in [2.05, 4.69) is 30.4 Å². The maximum atomic E-state index is 14.0. The number of fused-ring (bicyclic) bond motifs is 1. The second-order valence-corrected chi connectivity index (χ2v) is 10.4. The van der Waals surface area contributed by atoms with Crippen LogP contribution in [0.1, 0.15) is 56.3 Å². The van der Waals surface area contributed by atoms with E-state index in [9.17, 15) is 9.59 Å². The summed E-state index contributed by atoms with van der Waals surface area (Å²) in [6, 6.07) is 31.0. The van der Waals surface area contributed by atoms with Gasteiger partial charge in [-0.1, -0.05) is 66.7 Å². The molecule has 1 aliphatic heterocycles. The van der Waals surface area contributed by atoms with Crippen molar-refractivity contribution in [2.45, 2.75) is 32.4 Å². The van der Waals surface area contributed by atoms with Gasteiger partial charge in [0, 0.05) is 29.4 Å². The number of hydrogen-bond acceptors (Lipinski definition) is 4. The number of carbonyl (C=O) groups is 2. The van der Waals surface area contributed by atoms with E-state index in [0.717, 1.165) is 35.2 Å². The molecule has 2 amide bonds. The summed E-state index contributed by atoms with van der Waals surface area (Å²) < 4.78 is 6.22. The average molecular weight is 534 g/mol.